The van der Waals surface area contributed by atoms with Gasteiger partial charge in [-0.25, -0.2) is 12.7 Å². The topological polar surface area (TPSA) is 90.2 Å². The van der Waals surface area contributed by atoms with E-state index >= 15 is 0 Å². The molecule has 0 fully saturated rings. The van der Waals surface area contributed by atoms with Gasteiger partial charge in [0.15, 0.2) is 16.3 Å². The second kappa shape index (κ2) is 9.21. The zero-order chi connectivity index (χ0) is 22.8. The van der Waals surface area contributed by atoms with Crippen LogP contribution in [0.5, 0.6) is 11.5 Å². The van der Waals surface area contributed by atoms with E-state index in [4.69, 9.17) is 9.47 Å². The summed E-state index contributed by atoms with van der Waals surface area (Å²) in [5.74, 6) is 0.771. The standard InChI is InChI=1S/C21H25N3O5S2/c1-6-11-24-16-12-17(28-4)18(29-5)13-19(16)30-21(24)22-20(25)14-7-9-15(10-8-14)31(26,27)23(2)3/h7-10,12-13H,6,11H2,1-5H3. The molecule has 3 aromatic rings. The van der Waals surface area contributed by atoms with Gasteiger partial charge in [-0.15, -0.1) is 0 Å². The van der Waals surface area contributed by atoms with Crippen LogP contribution < -0.4 is 14.3 Å². The van der Waals surface area contributed by atoms with Gasteiger partial charge in [0.05, 0.1) is 29.3 Å². The van der Waals surface area contributed by atoms with E-state index in [1.807, 2.05) is 23.6 Å². The van der Waals surface area contributed by atoms with Crippen molar-refractivity contribution < 1.29 is 22.7 Å². The summed E-state index contributed by atoms with van der Waals surface area (Å²) < 4.78 is 39.3. The highest BCUT2D eigenvalue weighted by Crippen LogP contribution is 2.33. The first-order valence-electron chi connectivity index (χ1n) is 9.60. The number of amides is 1. The monoisotopic (exact) mass is 463 g/mol. The SMILES string of the molecule is CCCn1c(=NC(=O)c2ccc(S(=O)(=O)N(C)C)cc2)sc2cc(OC)c(OC)cc21. The third kappa shape index (κ3) is 4.51. The number of methoxy groups -OCH3 is 2. The van der Waals surface area contributed by atoms with E-state index in [1.165, 1.54) is 49.7 Å². The molecular weight excluding hydrogens is 438 g/mol. The van der Waals surface area contributed by atoms with Crippen molar-refractivity contribution in [2.45, 2.75) is 24.8 Å². The number of carbonyl (C=O) groups is 1. The molecule has 0 N–H and O–H groups in total. The molecule has 0 aliphatic rings. The first kappa shape index (κ1) is 23.0. The Morgan fingerprint density at radius 3 is 2.26 bits per heavy atom. The number of aryl methyl sites for hydroxylation is 1. The molecule has 31 heavy (non-hydrogen) atoms. The molecule has 1 aromatic heterocycles. The van der Waals surface area contributed by atoms with Gasteiger partial charge in [0.2, 0.25) is 10.0 Å². The van der Waals surface area contributed by atoms with Crippen LogP contribution in [0.3, 0.4) is 0 Å². The van der Waals surface area contributed by atoms with Crippen LogP contribution in [0.2, 0.25) is 0 Å². The molecule has 8 nitrogen and oxygen atoms in total. The first-order chi connectivity index (χ1) is 14.7. The maximum atomic E-state index is 12.8. The molecule has 0 saturated heterocycles. The van der Waals surface area contributed by atoms with Gasteiger partial charge in [-0.05, 0) is 30.7 Å². The predicted molar refractivity (Wildman–Crippen MR) is 120 cm³/mol. The maximum absolute atomic E-state index is 12.8. The molecule has 0 atom stereocenters. The van der Waals surface area contributed by atoms with E-state index in [0.717, 1.165) is 20.9 Å². The average Bonchev–Trinajstić information content (AvgIpc) is 3.08. The van der Waals surface area contributed by atoms with Crippen LogP contribution >= 0.6 is 11.3 Å². The summed E-state index contributed by atoms with van der Waals surface area (Å²) in [6, 6.07) is 9.54. The summed E-state index contributed by atoms with van der Waals surface area (Å²) in [6.07, 6.45) is 0.860. The molecule has 1 heterocycles. The largest absolute Gasteiger partial charge is 0.493 e. The lowest BCUT2D eigenvalue weighted by Crippen LogP contribution is -2.22. The number of ether oxygens (including phenoxy) is 2. The number of carbonyl (C=O) groups excluding carboxylic acids is 1. The third-order valence-electron chi connectivity index (χ3n) is 4.71. The molecule has 0 spiro atoms. The molecule has 3 rings (SSSR count). The number of thiazole rings is 1. The van der Waals surface area contributed by atoms with Gasteiger partial charge in [0, 0.05) is 38.3 Å². The van der Waals surface area contributed by atoms with Gasteiger partial charge in [0.1, 0.15) is 0 Å². The lowest BCUT2D eigenvalue weighted by Gasteiger charge is -2.11. The Hall–Kier alpha value is -2.69. The van der Waals surface area contributed by atoms with Crippen LogP contribution in [0, 0.1) is 0 Å². The highest BCUT2D eigenvalue weighted by Gasteiger charge is 2.18. The fourth-order valence-electron chi connectivity index (χ4n) is 3.05. The summed E-state index contributed by atoms with van der Waals surface area (Å²) in [4.78, 5) is 17.8. The van der Waals surface area contributed by atoms with Gasteiger partial charge in [-0.1, -0.05) is 18.3 Å². The molecule has 0 unspecified atom stereocenters. The molecule has 10 heteroatoms. The van der Waals surface area contributed by atoms with E-state index in [1.54, 1.807) is 14.2 Å². The van der Waals surface area contributed by atoms with Crippen LogP contribution in [0.1, 0.15) is 23.7 Å². The lowest BCUT2D eigenvalue weighted by atomic mass is 10.2. The molecule has 0 bridgehead atoms. The van der Waals surface area contributed by atoms with Crippen molar-refractivity contribution in [2.75, 3.05) is 28.3 Å². The number of benzene rings is 2. The Morgan fingerprint density at radius 2 is 1.71 bits per heavy atom. The average molecular weight is 464 g/mol. The quantitative estimate of drug-likeness (QED) is 0.537. The second-order valence-electron chi connectivity index (χ2n) is 6.94. The number of fused-ring (bicyclic) bond motifs is 1. The molecule has 166 valence electrons. The van der Waals surface area contributed by atoms with E-state index in [2.05, 4.69) is 4.99 Å². The zero-order valence-electron chi connectivity index (χ0n) is 18.1. The number of rotatable bonds is 7. The maximum Gasteiger partial charge on any atom is 0.279 e. The minimum atomic E-state index is -3.56. The fraction of sp³-hybridized carbons (Fsp3) is 0.333. The third-order valence-corrected chi connectivity index (χ3v) is 7.58. The number of nitrogens with zero attached hydrogens (tertiary/aromatic N) is 3. The van der Waals surface area contributed by atoms with Crippen LogP contribution in [0.25, 0.3) is 10.2 Å². The van der Waals surface area contributed by atoms with E-state index in [-0.39, 0.29) is 4.90 Å². The Morgan fingerprint density at radius 1 is 1.10 bits per heavy atom. The Kier molecular flexibility index (Phi) is 6.83. The minimum Gasteiger partial charge on any atom is -0.493 e. The Balaban J connectivity index is 2.07. The first-order valence-corrected chi connectivity index (χ1v) is 11.9. The predicted octanol–water partition coefficient (Wildman–Crippen LogP) is 3.12. The minimum absolute atomic E-state index is 0.121. The van der Waals surface area contributed by atoms with Gasteiger partial charge in [-0.2, -0.15) is 4.99 Å². The number of aromatic nitrogens is 1. The second-order valence-corrected chi connectivity index (χ2v) is 10.1. The highest BCUT2D eigenvalue weighted by atomic mass is 32.2. The molecular formula is C21H25N3O5S2. The van der Waals surface area contributed by atoms with Crippen molar-refractivity contribution in [3.63, 3.8) is 0 Å². The summed E-state index contributed by atoms with van der Waals surface area (Å²) in [7, 11) is 2.52. The molecule has 0 aliphatic heterocycles. The van der Waals surface area contributed by atoms with Gasteiger partial charge in [0.25, 0.3) is 5.91 Å². The fourth-order valence-corrected chi connectivity index (χ4v) is 5.02. The molecule has 2 aromatic carbocycles. The van der Waals surface area contributed by atoms with Crippen LogP contribution in [-0.4, -0.2) is 51.5 Å². The van der Waals surface area contributed by atoms with Crippen molar-refractivity contribution in [2.24, 2.45) is 4.99 Å². The Bertz CT molecular complexity index is 1270. The van der Waals surface area contributed by atoms with Crippen molar-refractivity contribution >= 4 is 37.5 Å². The van der Waals surface area contributed by atoms with Crippen molar-refractivity contribution in [1.29, 1.82) is 0 Å². The van der Waals surface area contributed by atoms with Gasteiger partial charge in [-0.3, -0.25) is 4.79 Å². The van der Waals surface area contributed by atoms with Crippen molar-refractivity contribution in [1.82, 2.24) is 8.87 Å². The molecule has 0 radical (unpaired) electrons. The molecule has 0 saturated carbocycles. The van der Waals surface area contributed by atoms with E-state index in [0.29, 0.717) is 28.4 Å². The van der Waals surface area contributed by atoms with Crippen molar-refractivity contribution in [3.05, 3.63) is 46.8 Å². The summed E-state index contributed by atoms with van der Waals surface area (Å²) >= 11 is 1.38. The normalized spacial score (nSPS) is 12.5. The number of hydrogen-bond acceptors (Lipinski definition) is 6. The van der Waals surface area contributed by atoms with Crippen LogP contribution in [0.4, 0.5) is 0 Å². The molecule has 0 aliphatic carbocycles. The smallest absolute Gasteiger partial charge is 0.279 e. The van der Waals surface area contributed by atoms with Gasteiger partial charge >= 0.3 is 0 Å². The summed E-state index contributed by atoms with van der Waals surface area (Å²) in [5, 5.41) is 0. The van der Waals surface area contributed by atoms with Gasteiger partial charge < -0.3 is 14.0 Å². The highest BCUT2D eigenvalue weighted by molar-refractivity contribution is 7.89. The summed E-state index contributed by atoms with van der Waals surface area (Å²) in [5.41, 5.74) is 1.22. The number of sulfonamides is 1. The van der Waals surface area contributed by atoms with Crippen molar-refractivity contribution in [3.8, 4) is 11.5 Å². The summed E-state index contributed by atoms with van der Waals surface area (Å²) in [6.45, 7) is 2.73. The van der Waals surface area contributed by atoms with Crippen LogP contribution in [-0.2, 0) is 16.6 Å². The Labute approximate surface area is 185 Å². The van der Waals surface area contributed by atoms with E-state index < -0.39 is 15.9 Å². The van der Waals surface area contributed by atoms with Crippen LogP contribution in [0.15, 0.2) is 46.3 Å². The number of hydrogen-bond donors (Lipinski definition) is 0. The lowest BCUT2D eigenvalue weighted by molar-refractivity contribution is 0.0997. The zero-order valence-corrected chi connectivity index (χ0v) is 19.7. The van der Waals surface area contributed by atoms with E-state index in [9.17, 15) is 13.2 Å². The molecule has 1 amide bonds.